The lowest BCUT2D eigenvalue weighted by Crippen LogP contribution is -2.54. The van der Waals surface area contributed by atoms with Crippen LogP contribution in [0.3, 0.4) is 0 Å². The van der Waals surface area contributed by atoms with E-state index in [2.05, 4.69) is 15.4 Å². The van der Waals surface area contributed by atoms with Crippen LogP contribution < -0.4 is 20.7 Å². The number of carboxylic acid groups (broad SMARTS) is 1. The fraction of sp³-hybridized carbons (Fsp3) is 0.250. The number of Topliss-reactive ketones (excluding diaryl/α,β-unsaturated/α-hetero) is 1. The quantitative estimate of drug-likeness (QED) is 0.125. The fourth-order valence-corrected chi connectivity index (χ4v) is 4.47. The van der Waals surface area contributed by atoms with Gasteiger partial charge in [0, 0.05) is 39.9 Å². The molecule has 11 nitrogen and oxygen atoms in total. The molecule has 3 atom stereocenters. The molecule has 0 aromatic heterocycles. The standard InChI is InChI=1S/C28H25F4N3O8S/c1-44(42)10-9-19(34-28(41)27(40)33-18-8-4-6-14-5-2-3-7-15(14)18)26(39)35-20(12-22(37)38)21(36)13-43-25-23(31)16(29)11-17(30)24(25)32/h2-8,11,19-20H,9-10,12-13H2,1H3,(H,33,40)(H,34,41)(H,35,39)(H,37,38)/t19-,20-,44?/m0/s1. The molecule has 0 fully saturated rings. The summed E-state index contributed by atoms with van der Waals surface area (Å²) in [5.74, 6) is -15.8. The summed E-state index contributed by atoms with van der Waals surface area (Å²) < 4.78 is 70.9. The number of rotatable bonds is 13. The van der Waals surface area contributed by atoms with E-state index in [-0.39, 0.29) is 23.9 Å². The predicted molar refractivity (Wildman–Crippen MR) is 149 cm³/mol. The second-order valence-corrected chi connectivity index (χ2v) is 10.8. The Kier molecular flexibility index (Phi) is 11.5. The SMILES string of the molecule is CS(=O)CC[C@H](NC(=O)C(=O)Nc1cccc2ccccc12)C(=O)N[C@@H](CC(=O)O)C(=O)COc1c(F)c(F)cc(F)c1F. The second-order valence-electron chi connectivity index (χ2n) is 9.28. The van der Waals surface area contributed by atoms with Crippen molar-refractivity contribution in [3.8, 4) is 5.75 Å². The van der Waals surface area contributed by atoms with Crippen LogP contribution in [-0.4, -0.2) is 69.5 Å². The molecule has 3 aromatic carbocycles. The Morgan fingerprint density at radius 1 is 0.886 bits per heavy atom. The predicted octanol–water partition coefficient (Wildman–Crippen LogP) is 2.20. The minimum Gasteiger partial charge on any atom is -0.481 e. The van der Waals surface area contributed by atoms with Gasteiger partial charge in [-0.2, -0.15) is 8.78 Å². The summed E-state index contributed by atoms with van der Waals surface area (Å²) in [5.41, 5.74) is 0.289. The van der Waals surface area contributed by atoms with Crippen LogP contribution >= 0.6 is 0 Å². The Labute approximate surface area is 249 Å². The van der Waals surface area contributed by atoms with Gasteiger partial charge >= 0.3 is 17.8 Å². The van der Waals surface area contributed by atoms with Crippen molar-refractivity contribution in [3.05, 3.63) is 71.8 Å². The highest BCUT2D eigenvalue weighted by Gasteiger charge is 2.31. The van der Waals surface area contributed by atoms with Gasteiger partial charge in [-0.15, -0.1) is 0 Å². The molecule has 3 rings (SSSR count). The van der Waals surface area contributed by atoms with Crippen LogP contribution in [0, 0.1) is 23.3 Å². The number of aliphatic carboxylic acids is 1. The van der Waals surface area contributed by atoms with Crippen LogP contribution in [-0.2, 0) is 34.8 Å². The number of anilines is 1. The van der Waals surface area contributed by atoms with E-state index in [0.717, 1.165) is 5.39 Å². The molecule has 0 aliphatic rings. The molecule has 0 saturated heterocycles. The van der Waals surface area contributed by atoms with Gasteiger partial charge in [-0.3, -0.25) is 28.2 Å². The number of benzene rings is 3. The third kappa shape index (κ3) is 8.82. The highest BCUT2D eigenvalue weighted by Crippen LogP contribution is 2.26. The Balaban J connectivity index is 1.74. The number of hydrogen-bond acceptors (Lipinski definition) is 7. The lowest BCUT2D eigenvalue weighted by molar-refractivity contribution is -0.141. The smallest absolute Gasteiger partial charge is 0.313 e. The van der Waals surface area contributed by atoms with Crippen molar-refractivity contribution in [2.24, 2.45) is 0 Å². The lowest BCUT2D eigenvalue weighted by atomic mass is 10.1. The van der Waals surface area contributed by atoms with Crippen molar-refractivity contribution in [1.29, 1.82) is 0 Å². The monoisotopic (exact) mass is 639 g/mol. The van der Waals surface area contributed by atoms with Crippen molar-refractivity contribution in [2.75, 3.05) is 23.9 Å². The number of carboxylic acids is 1. The molecule has 1 unspecified atom stereocenters. The molecule has 44 heavy (non-hydrogen) atoms. The van der Waals surface area contributed by atoms with Crippen molar-refractivity contribution >= 4 is 56.7 Å². The van der Waals surface area contributed by atoms with E-state index in [1.165, 1.54) is 12.3 Å². The Morgan fingerprint density at radius 3 is 2.16 bits per heavy atom. The number of nitrogens with one attached hydrogen (secondary N) is 3. The highest BCUT2D eigenvalue weighted by molar-refractivity contribution is 7.84. The van der Waals surface area contributed by atoms with E-state index in [4.69, 9.17) is 0 Å². The average molecular weight is 640 g/mol. The van der Waals surface area contributed by atoms with Gasteiger partial charge < -0.3 is 25.8 Å². The molecule has 0 bridgehead atoms. The van der Waals surface area contributed by atoms with E-state index in [0.29, 0.717) is 5.39 Å². The third-order valence-corrected chi connectivity index (χ3v) is 6.88. The maximum atomic E-state index is 13.9. The summed E-state index contributed by atoms with van der Waals surface area (Å²) in [4.78, 5) is 62.5. The molecule has 3 aromatic rings. The average Bonchev–Trinajstić information content (AvgIpc) is 2.97. The molecule has 0 aliphatic heterocycles. The number of amides is 3. The van der Waals surface area contributed by atoms with Gasteiger partial charge in [0.2, 0.25) is 17.5 Å². The summed E-state index contributed by atoms with van der Waals surface area (Å²) in [6.07, 6.45) is -0.0876. The minimum absolute atomic E-state index is 0.0904. The summed E-state index contributed by atoms with van der Waals surface area (Å²) in [5, 5.41) is 17.2. The van der Waals surface area contributed by atoms with E-state index in [9.17, 15) is 50.8 Å². The molecule has 0 radical (unpaired) electrons. The Morgan fingerprint density at radius 2 is 1.52 bits per heavy atom. The van der Waals surface area contributed by atoms with E-state index in [1.807, 2.05) is 5.32 Å². The van der Waals surface area contributed by atoms with E-state index in [1.54, 1.807) is 36.4 Å². The number of halogens is 4. The number of fused-ring (bicyclic) bond motifs is 1. The molecule has 0 spiro atoms. The number of ketones is 1. The first kappa shape index (κ1) is 33.6. The number of hydrogen-bond donors (Lipinski definition) is 4. The van der Waals surface area contributed by atoms with Gasteiger partial charge in [-0.1, -0.05) is 36.4 Å². The molecular formula is C28H25F4N3O8S. The first-order valence-corrected chi connectivity index (χ1v) is 14.4. The molecule has 16 heteroatoms. The van der Waals surface area contributed by atoms with Crippen LogP contribution in [0.15, 0.2) is 48.5 Å². The first-order valence-electron chi connectivity index (χ1n) is 12.7. The van der Waals surface area contributed by atoms with E-state index >= 15 is 0 Å². The summed E-state index contributed by atoms with van der Waals surface area (Å²) in [6.45, 7) is -1.32. The zero-order valence-electron chi connectivity index (χ0n) is 22.8. The van der Waals surface area contributed by atoms with Gasteiger partial charge in [0.1, 0.15) is 18.7 Å². The molecule has 0 aliphatic carbocycles. The van der Waals surface area contributed by atoms with Crippen molar-refractivity contribution in [1.82, 2.24) is 10.6 Å². The zero-order chi connectivity index (χ0) is 32.6. The summed E-state index contributed by atoms with van der Waals surface area (Å²) in [7, 11) is -1.48. The number of ether oxygens (including phenoxy) is 1. The number of carbonyl (C=O) groups excluding carboxylic acids is 4. The molecule has 3 amide bonds. The van der Waals surface area contributed by atoms with Gasteiger partial charge in [-0.05, 0) is 17.9 Å². The fourth-order valence-electron chi connectivity index (χ4n) is 3.90. The molecule has 4 N–H and O–H groups in total. The summed E-state index contributed by atoms with van der Waals surface area (Å²) in [6, 6.07) is 8.32. The number of carbonyl (C=O) groups is 5. The van der Waals surface area contributed by atoms with Crippen LogP contribution in [0.1, 0.15) is 12.8 Å². The van der Waals surface area contributed by atoms with Crippen molar-refractivity contribution in [2.45, 2.75) is 24.9 Å². The van der Waals surface area contributed by atoms with Gasteiger partial charge in [0.25, 0.3) is 0 Å². The van der Waals surface area contributed by atoms with Crippen LogP contribution in [0.2, 0.25) is 0 Å². The summed E-state index contributed by atoms with van der Waals surface area (Å²) >= 11 is 0. The van der Waals surface area contributed by atoms with Crippen LogP contribution in [0.5, 0.6) is 5.75 Å². The van der Waals surface area contributed by atoms with Crippen molar-refractivity contribution in [3.63, 3.8) is 0 Å². The topological polar surface area (TPSA) is 168 Å². The third-order valence-electron chi connectivity index (χ3n) is 6.07. The lowest BCUT2D eigenvalue weighted by Gasteiger charge is -2.22. The minimum atomic E-state index is -1.95. The van der Waals surface area contributed by atoms with Crippen LogP contribution in [0.25, 0.3) is 10.8 Å². The zero-order valence-corrected chi connectivity index (χ0v) is 23.6. The highest BCUT2D eigenvalue weighted by atomic mass is 32.2. The van der Waals surface area contributed by atoms with Gasteiger partial charge in [-0.25, -0.2) is 8.78 Å². The van der Waals surface area contributed by atoms with Crippen LogP contribution in [0.4, 0.5) is 23.2 Å². The van der Waals surface area contributed by atoms with Gasteiger partial charge in [0.15, 0.2) is 23.2 Å². The maximum absolute atomic E-state index is 13.9. The normalized spacial score (nSPS) is 12.9. The first-order chi connectivity index (χ1) is 20.8. The molecule has 0 heterocycles. The van der Waals surface area contributed by atoms with Crippen molar-refractivity contribution < 1.29 is 55.6 Å². The van der Waals surface area contributed by atoms with Gasteiger partial charge in [0.05, 0.1) is 6.42 Å². The second kappa shape index (κ2) is 15.0. The Bertz CT molecular complexity index is 1610. The molecule has 234 valence electrons. The largest absolute Gasteiger partial charge is 0.481 e. The molecular weight excluding hydrogens is 614 g/mol. The van der Waals surface area contributed by atoms with E-state index < -0.39 is 94.4 Å². The molecule has 0 saturated carbocycles. The Hall–Kier alpha value is -4.86. The maximum Gasteiger partial charge on any atom is 0.313 e.